The molecule has 4 nitrogen and oxygen atoms in total. The van der Waals surface area contributed by atoms with Crippen molar-refractivity contribution in [2.45, 2.75) is 19.4 Å². The maximum absolute atomic E-state index is 13.6. The van der Waals surface area contributed by atoms with E-state index in [-0.39, 0.29) is 5.91 Å². The number of anilines is 1. The largest absolute Gasteiger partial charge is 0.372 e. The van der Waals surface area contributed by atoms with Crippen molar-refractivity contribution in [2.75, 3.05) is 31.1 Å². The van der Waals surface area contributed by atoms with Gasteiger partial charge in [-0.25, -0.2) is 0 Å². The van der Waals surface area contributed by atoms with Gasteiger partial charge in [0.25, 0.3) is 5.91 Å². The Hall–Kier alpha value is -2.21. The first-order chi connectivity index (χ1) is 14.0. The zero-order valence-corrected chi connectivity index (χ0v) is 18.3. The van der Waals surface area contributed by atoms with Gasteiger partial charge in [0, 0.05) is 23.1 Å². The number of likely N-dealkylation sites (N-methyl/N-ethyl adjacent to an activating group) is 1. The Balaban J connectivity index is 1.81. The molecule has 1 N–H and O–H groups in total. The van der Waals surface area contributed by atoms with Crippen LogP contribution < -0.4 is 4.90 Å². The van der Waals surface area contributed by atoms with Crippen LogP contribution in [0.5, 0.6) is 0 Å². The number of hydrogen-bond acceptors (Lipinski definition) is 3. The summed E-state index contributed by atoms with van der Waals surface area (Å²) < 4.78 is 0.740. The van der Waals surface area contributed by atoms with Crippen LogP contribution in [0.25, 0.3) is 10.8 Å². The van der Waals surface area contributed by atoms with Crippen molar-refractivity contribution in [1.82, 2.24) is 4.90 Å². The topological polar surface area (TPSA) is 43.8 Å². The standard InChI is InChI=1S/C24H25BrN2O2/c1-3-26(4-2)14-15-27-21-11-7-10-20(25)22(21)24(29,23(27)28)19-13-12-17-8-5-6-9-18(17)16-19/h5-13,16,29H,3-4,14-15H2,1-2H3/t24-/m1/s1. The molecule has 0 saturated heterocycles. The Morgan fingerprint density at radius 2 is 1.72 bits per heavy atom. The van der Waals surface area contributed by atoms with Crippen molar-refractivity contribution < 1.29 is 9.90 Å². The Bertz CT molecular complexity index is 1060. The third-order valence-electron chi connectivity index (χ3n) is 5.90. The van der Waals surface area contributed by atoms with E-state index in [0.29, 0.717) is 17.7 Å². The van der Waals surface area contributed by atoms with Gasteiger partial charge in [0.15, 0.2) is 5.60 Å². The lowest BCUT2D eigenvalue weighted by Crippen LogP contribution is -2.44. The van der Waals surface area contributed by atoms with E-state index < -0.39 is 5.60 Å². The zero-order chi connectivity index (χ0) is 20.6. The molecule has 0 spiro atoms. The number of carbonyl (C=O) groups is 1. The lowest BCUT2D eigenvalue weighted by atomic mass is 9.86. The van der Waals surface area contributed by atoms with Crippen molar-refractivity contribution in [3.8, 4) is 0 Å². The molecule has 3 aromatic rings. The molecule has 1 heterocycles. The molecule has 1 atom stereocenters. The summed E-state index contributed by atoms with van der Waals surface area (Å²) in [6, 6.07) is 19.4. The van der Waals surface area contributed by atoms with Crippen molar-refractivity contribution in [3.63, 3.8) is 0 Å². The number of amides is 1. The second-order valence-corrected chi connectivity index (χ2v) is 8.24. The summed E-state index contributed by atoms with van der Waals surface area (Å²) in [4.78, 5) is 17.6. The minimum absolute atomic E-state index is 0.290. The van der Waals surface area contributed by atoms with Gasteiger partial charge in [0.1, 0.15) is 0 Å². The molecule has 150 valence electrons. The number of carbonyl (C=O) groups excluding carboxylic acids is 1. The van der Waals surface area contributed by atoms with E-state index in [0.717, 1.165) is 40.6 Å². The van der Waals surface area contributed by atoms with Crippen LogP contribution in [0.1, 0.15) is 25.0 Å². The van der Waals surface area contributed by atoms with Gasteiger partial charge in [-0.1, -0.05) is 72.2 Å². The smallest absolute Gasteiger partial charge is 0.268 e. The highest BCUT2D eigenvalue weighted by molar-refractivity contribution is 9.10. The summed E-state index contributed by atoms with van der Waals surface area (Å²) in [5, 5.41) is 13.9. The number of benzene rings is 3. The van der Waals surface area contributed by atoms with Gasteiger partial charge in [0.2, 0.25) is 0 Å². The van der Waals surface area contributed by atoms with E-state index in [1.165, 1.54) is 0 Å². The first-order valence-corrected chi connectivity index (χ1v) is 10.8. The molecule has 0 saturated carbocycles. The fourth-order valence-electron chi connectivity index (χ4n) is 4.19. The lowest BCUT2D eigenvalue weighted by molar-refractivity contribution is -0.132. The van der Waals surface area contributed by atoms with Crippen LogP contribution in [-0.4, -0.2) is 42.1 Å². The van der Waals surface area contributed by atoms with Crippen molar-refractivity contribution in [2.24, 2.45) is 0 Å². The normalized spacial score (nSPS) is 18.7. The first-order valence-electron chi connectivity index (χ1n) is 10.1. The molecule has 29 heavy (non-hydrogen) atoms. The molecule has 4 rings (SSSR count). The molecule has 1 aliphatic heterocycles. The maximum atomic E-state index is 13.6. The van der Waals surface area contributed by atoms with Crippen LogP contribution >= 0.6 is 15.9 Å². The minimum atomic E-state index is -1.71. The fourth-order valence-corrected chi connectivity index (χ4v) is 4.84. The first kappa shape index (κ1) is 20.1. The molecule has 0 bridgehead atoms. The molecule has 0 fully saturated rings. The molecule has 0 aromatic heterocycles. The van der Waals surface area contributed by atoms with Gasteiger partial charge in [-0.05, 0) is 47.6 Å². The average Bonchev–Trinajstić information content (AvgIpc) is 2.97. The summed E-state index contributed by atoms with van der Waals surface area (Å²) in [7, 11) is 0. The number of fused-ring (bicyclic) bond motifs is 2. The highest BCUT2D eigenvalue weighted by Crippen LogP contribution is 2.48. The molecule has 1 amide bonds. The number of halogens is 1. The number of hydrogen-bond donors (Lipinski definition) is 1. The van der Waals surface area contributed by atoms with E-state index in [9.17, 15) is 9.90 Å². The minimum Gasteiger partial charge on any atom is -0.372 e. The summed E-state index contributed by atoms with van der Waals surface area (Å²) in [5.74, 6) is -0.290. The van der Waals surface area contributed by atoms with Gasteiger partial charge in [0.05, 0.1) is 5.69 Å². The predicted molar refractivity (Wildman–Crippen MR) is 121 cm³/mol. The SMILES string of the molecule is CCN(CC)CCN1C(=O)[C@@](O)(c2ccc3ccccc3c2)c2c(Br)cccc21. The average molecular weight is 453 g/mol. The Labute approximate surface area is 179 Å². The molecule has 3 aromatic carbocycles. The fraction of sp³-hybridized carbons (Fsp3) is 0.292. The van der Waals surface area contributed by atoms with E-state index in [1.807, 2.05) is 60.7 Å². The van der Waals surface area contributed by atoms with Gasteiger partial charge in [-0.15, -0.1) is 0 Å². The monoisotopic (exact) mass is 452 g/mol. The Morgan fingerprint density at radius 1 is 1.00 bits per heavy atom. The molecule has 0 unspecified atom stereocenters. The van der Waals surface area contributed by atoms with Crippen molar-refractivity contribution in [3.05, 3.63) is 76.3 Å². The van der Waals surface area contributed by atoms with Gasteiger partial charge >= 0.3 is 0 Å². The maximum Gasteiger partial charge on any atom is 0.268 e. The van der Waals surface area contributed by atoms with E-state index >= 15 is 0 Å². The summed E-state index contributed by atoms with van der Waals surface area (Å²) in [6.07, 6.45) is 0. The second kappa shape index (κ2) is 7.90. The predicted octanol–water partition coefficient (Wildman–Crippen LogP) is 4.53. The van der Waals surface area contributed by atoms with E-state index in [4.69, 9.17) is 0 Å². The third kappa shape index (κ3) is 3.27. The van der Waals surface area contributed by atoms with Gasteiger partial charge in [-0.2, -0.15) is 0 Å². The Morgan fingerprint density at radius 3 is 2.45 bits per heavy atom. The highest BCUT2D eigenvalue weighted by Gasteiger charge is 2.52. The van der Waals surface area contributed by atoms with Gasteiger partial charge in [-0.3, -0.25) is 4.79 Å². The third-order valence-corrected chi connectivity index (χ3v) is 6.56. The zero-order valence-electron chi connectivity index (χ0n) is 16.7. The van der Waals surface area contributed by atoms with Crippen molar-refractivity contribution >= 4 is 38.3 Å². The Kier molecular flexibility index (Phi) is 5.47. The van der Waals surface area contributed by atoms with Crippen molar-refractivity contribution in [1.29, 1.82) is 0 Å². The highest BCUT2D eigenvalue weighted by atomic mass is 79.9. The van der Waals surface area contributed by atoms with Gasteiger partial charge < -0.3 is 14.9 Å². The van der Waals surface area contributed by atoms with E-state index in [1.54, 1.807) is 4.90 Å². The number of rotatable bonds is 6. The second-order valence-electron chi connectivity index (χ2n) is 7.39. The molecular weight excluding hydrogens is 428 g/mol. The van der Waals surface area contributed by atoms with Crippen LogP contribution in [0.3, 0.4) is 0 Å². The molecule has 5 heteroatoms. The molecule has 1 aliphatic rings. The summed E-state index contributed by atoms with van der Waals surface area (Å²) >= 11 is 3.58. The van der Waals surface area contributed by atoms with Crippen LogP contribution in [0.4, 0.5) is 5.69 Å². The van der Waals surface area contributed by atoms with Crippen LogP contribution in [0.2, 0.25) is 0 Å². The van der Waals surface area contributed by atoms with E-state index in [2.05, 4.69) is 34.7 Å². The lowest BCUT2D eigenvalue weighted by Gasteiger charge is -2.26. The quantitative estimate of drug-likeness (QED) is 0.597. The summed E-state index contributed by atoms with van der Waals surface area (Å²) in [5.41, 5.74) is 0.287. The van der Waals surface area contributed by atoms with Crippen LogP contribution in [-0.2, 0) is 10.4 Å². The molecular formula is C24H25BrN2O2. The molecule has 0 radical (unpaired) electrons. The number of nitrogens with zero attached hydrogens (tertiary/aromatic N) is 2. The summed E-state index contributed by atoms with van der Waals surface area (Å²) in [6.45, 7) is 7.40. The molecule has 0 aliphatic carbocycles. The number of aliphatic hydroxyl groups is 1. The van der Waals surface area contributed by atoms with Crippen LogP contribution in [0.15, 0.2) is 65.1 Å². The van der Waals surface area contributed by atoms with Crippen LogP contribution in [0, 0.1) is 0 Å².